The second-order valence-electron chi connectivity index (χ2n) is 6.81. The van der Waals surface area contributed by atoms with Crippen LogP contribution in [0.2, 0.25) is 0 Å². The van der Waals surface area contributed by atoms with Gasteiger partial charge in [0.1, 0.15) is 0 Å². The van der Waals surface area contributed by atoms with Crippen molar-refractivity contribution < 1.29 is 9.53 Å². The standard InChI is InChI=1S/C25H27NO2/c1-3-26(24-17-15-22(16-18-24)25(27)28-2)19-23-12-8-7-11-21(23)14-13-20-9-5-4-6-10-20/h4-12,15-18H,3,13-14,19H2,1-2H3. The third-order valence-electron chi connectivity index (χ3n) is 5.04. The maximum Gasteiger partial charge on any atom is 0.337 e. The van der Waals surface area contributed by atoms with E-state index >= 15 is 0 Å². The van der Waals surface area contributed by atoms with Crippen LogP contribution in [-0.4, -0.2) is 19.6 Å². The van der Waals surface area contributed by atoms with Gasteiger partial charge in [0, 0.05) is 18.8 Å². The van der Waals surface area contributed by atoms with E-state index in [4.69, 9.17) is 4.74 Å². The Morgan fingerprint density at radius 3 is 2.11 bits per heavy atom. The molecular formula is C25H27NO2. The number of rotatable bonds is 8. The zero-order chi connectivity index (χ0) is 19.8. The maximum absolute atomic E-state index is 11.7. The summed E-state index contributed by atoms with van der Waals surface area (Å²) in [5.41, 5.74) is 5.77. The fourth-order valence-corrected chi connectivity index (χ4v) is 3.40. The smallest absolute Gasteiger partial charge is 0.337 e. The van der Waals surface area contributed by atoms with Gasteiger partial charge in [-0.2, -0.15) is 0 Å². The molecule has 144 valence electrons. The SMILES string of the molecule is CCN(Cc1ccccc1CCc1ccccc1)c1ccc(C(=O)OC)cc1. The van der Waals surface area contributed by atoms with Gasteiger partial charge in [0.15, 0.2) is 0 Å². The summed E-state index contributed by atoms with van der Waals surface area (Å²) in [7, 11) is 1.40. The van der Waals surface area contributed by atoms with E-state index < -0.39 is 0 Å². The van der Waals surface area contributed by atoms with Crippen molar-refractivity contribution in [1.82, 2.24) is 0 Å². The predicted molar refractivity (Wildman–Crippen MR) is 115 cm³/mol. The molecule has 3 aromatic rings. The summed E-state index contributed by atoms with van der Waals surface area (Å²) in [5, 5.41) is 0. The molecule has 3 aromatic carbocycles. The molecule has 0 aliphatic rings. The Morgan fingerprint density at radius 2 is 1.46 bits per heavy atom. The lowest BCUT2D eigenvalue weighted by Crippen LogP contribution is -2.23. The first-order chi connectivity index (χ1) is 13.7. The van der Waals surface area contributed by atoms with E-state index in [2.05, 4.69) is 66.4 Å². The monoisotopic (exact) mass is 373 g/mol. The fraction of sp³-hybridized carbons (Fsp3) is 0.240. The van der Waals surface area contributed by atoms with E-state index in [0.717, 1.165) is 31.6 Å². The Hall–Kier alpha value is -3.07. The van der Waals surface area contributed by atoms with E-state index in [-0.39, 0.29) is 5.97 Å². The van der Waals surface area contributed by atoms with E-state index in [0.29, 0.717) is 5.56 Å². The van der Waals surface area contributed by atoms with Gasteiger partial charge in [-0.05, 0) is 60.7 Å². The molecule has 3 rings (SSSR count). The number of hydrogen-bond acceptors (Lipinski definition) is 3. The highest BCUT2D eigenvalue weighted by Gasteiger charge is 2.11. The summed E-state index contributed by atoms with van der Waals surface area (Å²) >= 11 is 0. The van der Waals surface area contributed by atoms with Gasteiger partial charge in [-0.25, -0.2) is 4.79 Å². The Kier molecular flexibility index (Phi) is 6.85. The molecule has 0 unspecified atom stereocenters. The topological polar surface area (TPSA) is 29.5 Å². The van der Waals surface area contributed by atoms with Gasteiger partial charge in [0.2, 0.25) is 0 Å². The summed E-state index contributed by atoms with van der Waals surface area (Å²) < 4.78 is 4.79. The summed E-state index contributed by atoms with van der Waals surface area (Å²) in [5.74, 6) is -0.305. The molecule has 0 aliphatic carbocycles. The highest BCUT2D eigenvalue weighted by atomic mass is 16.5. The molecule has 0 radical (unpaired) electrons. The van der Waals surface area contributed by atoms with E-state index in [1.807, 2.05) is 24.3 Å². The highest BCUT2D eigenvalue weighted by molar-refractivity contribution is 5.89. The molecule has 3 heteroatoms. The highest BCUT2D eigenvalue weighted by Crippen LogP contribution is 2.21. The van der Waals surface area contributed by atoms with Crippen LogP contribution in [-0.2, 0) is 24.1 Å². The van der Waals surface area contributed by atoms with Crippen molar-refractivity contribution in [3.8, 4) is 0 Å². The van der Waals surface area contributed by atoms with Crippen molar-refractivity contribution in [1.29, 1.82) is 0 Å². The van der Waals surface area contributed by atoms with Gasteiger partial charge < -0.3 is 9.64 Å². The van der Waals surface area contributed by atoms with Crippen LogP contribution in [0.5, 0.6) is 0 Å². The van der Waals surface area contributed by atoms with Crippen molar-refractivity contribution in [3.63, 3.8) is 0 Å². The maximum atomic E-state index is 11.7. The minimum absolute atomic E-state index is 0.305. The van der Waals surface area contributed by atoms with Gasteiger partial charge in [-0.15, -0.1) is 0 Å². The van der Waals surface area contributed by atoms with Gasteiger partial charge >= 0.3 is 5.97 Å². The zero-order valence-corrected chi connectivity index (χ0v) is 16.6. The van der Waals surface area contributed by atoms with Crippen LogP contribution in [0, 0.1) is 0 Å². The number of methoxy groups -OCH3 is 1. The lowest BCUT2D eigenvalue weighted by molar-refractivity contribution is 0.0601. The van der Waals surface area contributed by atoms with Crippen molar-refractivity contribution in [3.05, 3.63) is 101 Å². The number of ether oxygens (including phenoxy) is 1. The number of esters is 1. The molecule has 0 fully saturated rings. The fourth-order valence-electron chi connectivity index (χ4n) is 3.40. The number of aryl methyl sites for hydroxylation is 2. The Morgan fingerprint density at radius 1 is 0.821 bits per heavy atom. The summed E-state index contributed by atoms with van der Waals surface area (Å²) in [6.45, 7) is 3.89. The molecule has 0 heterocycles. The molecule has 0 spiro atoms. The third kappa shape index (κ3) is 5.01. The molecule has 0 saturated carbocycles. The minimum Gasteiger partial charge on any atom is -0.465 e. The van der Waals surface area contributed by atoms with Gasteiger partial charge in [0.05, 0.1) is 12.7 Å². The van der Waals surface area contributed by atoms with Crippen molar-refractivity contribution in [2.45, 2.75) is 26.3 Å². The third-order valence-corrected chi connectivity index (χ3v) is 5.04. The molecule has 0 saturated heterocycles. The number of hydrogen-bond donors (Lipinski definition) is 0. The normalized spacial score (nSPS) is 10.5. The zero-order valence-electron chi connectivity index (χ0n) is 16.6. The number of anilines is 1. The van der Waals surface area contributed by atoms with Gasteiger partial charge in [-0.1, -0.05) is 54.6 Å². The van der Waals surface area contributed by atoms with Crippen LogP contribution in [0.4, 0.5) is 5.69 Å². The molecule has 0 amide bonds. The van der Waals surface area contributed by atoms with Crippen molar-refractivity contribution in [2.24, 2.45) is 0 Å². The molecule has 28 heavy (non-hydrogen) atoms. The van der Waals surface area contributed by atoms with Crippen LogP contribution in [0.1, 0.15) is 34.0 Å². The largest absolute Gasteiger partial charge is 0.465 e. The average molecular weight is 373 g/mol. The number of nitrogens with zero attached hydrogens (tertiary/aromatic N) is 1. The van der Waals surface area contributed by atoms with Crippen LogP contribution in [0.15, 0.2) is 78.9 Å². The quantitative estimate of drug-likeness (QED) is 0.503. The Balaban J connectivity index is 1.73. The first kappa shape index (κ1) is 19.7. The van der Waals surface area contributed by atoms with Gasteiger partial charge in [-0.3, -0.25) is 0 Å². The van der Waals surface area contributed by atoms with Crippen LogP contribution in [0.3, 0.4) is 0 Å². The summed E-state index contributed by atoms with van der Waals surface area (Å²) in [6, 6.07) is 26.9. The average Bonchev–Trinajstić information content (AvgIpc) is 2.77. The molecule has 0 N–H and O–H groups in total. The molecule has 3 nitrogen and oxygen atoms in total. The number of benzene rings is 3. The molecule has 0 aliphatic heterocycles. The first-order valence-corrected chi connectivity index (χ1v) is 9.75. The Bertz CT molecular complexity index is 888. The molecule has 0 bridgehead atoms. The lowest BCUT2D eigenvalue weighted by atomic mass is 9.99. The van der Waals surface area contributed by atoms with Crippen LogP contribution in [0.25, 0.3) is 0 Å². The van der Waals surface area contributed by atoms with Crippen molar-refractivity contribution in [2.75, 3.05) is 18.6 Å². The molecule has 0 atom stereocenters. The Labute approximate surface area is 167 Å². The second kappa shape index (κ2) is 9.75. The van der Waals surface area contributed by atoms with Crippen molar-refractivity contribution >= 4 is 11.7 Å². The molecular weight excluding hydrogens is 346 g/mol. The van der Waals surface area contributed by atoms with E-state index in [1.165, 1.54) is 23.8 Å². The van der Waals surface area contributed by atoms with E-state index in [1.54, 1.807) is 0 Å². The number of carbonyl (C=O) groups is 1. The predicted octanol–water partition coefficient (Wildman–Crippen LogP) is 5.28. The van der Waals surface area contributed by atoms with Gasteiger partial charge in [0.25, 0.3) is 0 Å². The summed E-state index contributed by atoms with van der Waals surface area (Å²) in [6.07, 6.45) is 2.07. The second-order valence-corrected chi connectivity index (χ2v) is 6.81. The molecule has 0 aromatic heterocycles. The van der Waals surface area contributed by atoms with Crippen LogP contribution >= 0.6 is 0 Å². The lowest BCUT2D eigenvalue weighted by Gasteiger charge is -2.25. The minimum atomic E-state index is -0.305. The number of carbonyl (C=O) groups excluding carboxylic acids is 1. The summed E-state index contributed by atoms with van der Waals surface area (Å²) in [4.78, 5) is 14.0. The van der Waals surface area contributed by atoms with Crippen LogP contribution < -0.4 is 4.90 Å². The van der Waals surface area contributed by atoms with E-state index in [9.17, 15) is 4.79 Å². The first-order valence-electron chi connectivity index (χ1n) is 9.75.